The van der Waals surface area contributed by atoms with E-state index in [9.17, 15) is 22.8 Å². The van der Waals surface area contributed by atoms with Gasteiger partial charge in [0.25, 0.3) is 0 Å². The Hall–Kier alpha value is -1.27. The summed E-state index contributed by atoms with van der Waals surface area (Å²) in [6.45, 7) is 0.601. The lowest BCUT2D eigenvalue weighted by Crippen LogP contribution is -2.55. The molecule has 0 aromatic heterocycles. The molecule has 7 heteroatoms. The van der Waals surface area contributed by atoms with Crippen LogP contribution in [0.5, 0.6) is 0 Å². The monoisotopic (exact) mass is 306 g/mol. The van der Waals surface area contributed by atoms with Gasteiger partial charge in [-0.3, -0.25) is 9.59 Å². The molecule has 2 aliphatic rings. The fourth-order valence-corrected chi connectivity index (χ4v) is 3.18. The summed E-state index contributed by atoms with van der Waals surface area (Å²) in [5.74, 6) is -0.249. The van der Waals surface area contributed by atoms with Crippen molar-refractivity contribution in [3.05, 3.63) is 0 Å². The van der Waals surface area contributed by atoms with Gasteiger partial charge in [0.2, 0.25) is 11.8 Å². The van der Waals surface area contributed by atoms with E-state index in [1.54, 1.807) is 4.90 Å². The molecule has 4 nitrogen and oxygen atoms in total. The van der Waals surface area contributed by atoms with Crippen molar-refractivity contribution in [2.24, 2.45) is 0 Å². The second-order valence-electron chi connectivity index (χ2n) is 5.95. The average molecular weight is 306 g/mol. The smallest absolute Gasteiger partial charge is 0.342 e. The van der Waals surface area contributed by atoms with E-state index in [0.717, 1.165) is 12.8 Å². The Bertz CT molecular complexity index is 404. The number of carbonyl (C=O) groups is 2. The number of halogens is 3. The Labute approximate surface area is 122 Å². The average Bonchev–Trinajstić information content (AvgIpc) is 2.81. The lowest BCUT2D eigenvalue weighted by atomic mass is 9.95. The van der Waals surface area contributed by atoms with Gasteiger partial charge in [0.1, 0.15) is 5.54 Å². The Kier molecular flexibility index (Phi) is 4.78. The number of unbranched alkanes of at least 4 members (excludes halogenated alkanes) is 1. The highest BCUT2D eigenvalue weighted by atomic mass is 19.4. The zero-order valence-electron chi connectivity index (χ0n) is 12.0. The molecule has 1 saturated carbocycles. The first kappa shape index (κ1) is 16.1. The molecule has 2 amide bonds. The van der Waals surface area contributed by atoms with Crippen LogP contribution in [0.15, 0.2) is 0 Å². The van der Waals surface area contributed by atoms with E-state index < -0.39 is 18.1 Å². The minimum atomic E-state index is -4.15. The highest BCUT2D eigenvalue weighted by Gasteiger charge is 2.46. The Balaban J connectivity index is 1.92. The van der Waals surface area contributed by atoms with Gasteiger partial charge in [0.15, 0.2) is 0 Å². The van der Waals surface area contributed by atoms with Crippen LogP contribution in [-0.2, 0) is 9.59 Å². The number of hydrogen-bond donors (Lipinski definition) is 1. The van der Waals surface area contributed by atoms with Crippen molar-refractivity contribution < 1.29 is 22.8 Å². The Morgan fingerprint density at radius 1 is 1.14 bits per heavy atom. The summed E-state index contributed by atoms with van der Waals surface area (Å²) in [4.78, 5) is 25.9. The first-order valence-corrected chi connectivity index (χ1v) is 7.50. The second-order valence-corrected chi connectivity index (χ2v) is 5.95. The standard InChI is InChI=1S/C14H21F3N2O2/c15-14(16,17)8-3-4-9-19-10-5-11(20)18-13(12(19)21)6-1-2-7-13/h1-10H2,(H,18,20). The zero-order chi connectivity index (χ0) is 15.5. The Morgan fingerprint density at radius 2 is 1.81 bits per heavy atom. The highest BCUT2D eigenvalue weighted by Crippen LogP contribution is 2.33. The Morgan fingerprint density at radius 3 is 2.43 bits per heavy atom. The van der Waals surface area contributed by atoms with Gasteiger partial charge < -0.3 is 10.2 Å². The second kappa shape index (κ2) is 6.23. The lowest BCUT2D eigenvalue weighted by molar-refractivity contribution is -0.139. The van der Waals surface area contributed by atoms with E-state index in [0.29, 0.717) is 32.4 Å². The van der Waals surface area contributed by atoms with Crippen molar-refractivity contribution >= 4 is 11.8 Å². The minimum absolute atomic E-state index is 0.0155. The van der Waals surface area contributed by atoms with Gasteiger partial charge in [-0.25, -0.2) is 0 Å². The molecule has 0 atom stereocenters. The third-order valence-electron chi connectivity index (χ3n) is 4.28. The largest absolute Gasteiger partial charge is 0.389 e. The van der Waals surface area contributed by atoms with E-state index in [2.05, 4.69) is 5.32 Å². The van der Waals surface area contributed by atoms with Gasteiger partial charge in [-0.15, -0.1) is 0 Å². The minimum Gasteiger partial charge on any atom is -0.342 e. The molecule has 120 valence electrons. The maximum absolute atomic E-state index is 12.6. The van der Waals surface area contributed by atoms with Gasteiger partial charge >= 0.3 is 6.18 Å². The molecule has 1 N–H and O–H groups in total. The predicted octanol–water partition coefficient (Wildman–Crippen LogP) is 2.38. The molecular formula is C14H21F3N2O2. The maximum atomic E-state index is 12.6. The first-order chi connectivity index (χ1) is 9.82. The molecule has 1 saturated heterocycles. The van der Waals surface area contributed by atoms with Crippen LogP contribution in [0.1, 0.15) is 51.4 Å². The molecule has 21 heavy (non-hydrogen) atoms. The summed E-state index contributed by atoms with van der Waals surface area (Å²) in [5, 5.41) is 2.84. The number of alkyl halides is 3. The topological polar surface area (TPSA) is 49.4 Å². The fraction of sp³-hybridized carbons (Fsp3) is 0.857. The van der Waals surface area contributed by atoms with Crippen LogP contribution in [0.2, 0.25) is 0 Å². The summed E-state index contributed by atoms with van der Waals surface area (Å²) in [5.41, 5.74) is -0.794. The fourth-order valence-electron chi connectivity index (χ4n) is 3.18. The summed E-state index contributed by atoms with van der Waals surface area (Å²) in [7, 11) is 0. The van der Waals surface area contributed by atoms with Crippen LogP contribution in [0.3, 0.4) is 0 Å². The molecule has 1 heterocycles. The van der Waals surface area contributed by atoms with Crippen molar-refractivity contribution in [3.8, 4) is 0 Å². The van der Waals surface area contributed by atoms with Crippen LogP contribution in [0.25, 0.3) is 0 Å². The number of rotatable bonds is 4. The van der Waals surface area contributed by atoms with Gasteiger partial charge in [-0.05, 0) is 25.7 Å². The predicted molar refractivity (Wildman–Crippen MR) is 70.4 cm³/mol. The summed E-state index contributed by atoms with van der Waals surface area (Å²) in [6.07, 6.45) is -1.34. The van der Waals surface area contributed by atoms with Crippen molar-refractivity contribution in [2.75, 3.05) is 13.1 Å². The van der Waals surface area contributed by atoms with Crippen molar-refractivity contribution in [3.63, 3.8) is 0 Å². The van der Waals surface area contributed by atoms with E-state index >= 15 is 0 Å². The maximum Gasteiger partial charge on any atom is 0.389 e. The number of hydrogen-bond acceptors (Lipinski definition) is 2. The van der Waals surface area contributed by atoms with E-state index in [1.165, 1.54) is 0 Å². The van der Waals surface area contributed by atoms with Crippen molar-refractivity contribution in [2.45, 2.75) is 63.1 Å². The zero-order valence-corrected chi connectivity index (χ0v) is 12.0. The molecule has 0 aromatic rings. The van der Waals surface area contributed by atoms with Crippen molar-refractivity contribution in [1.82, 2.24) is 10.2 Å². The van der Waals surface area contributed by atoms with Gasteiger partial charge in [0, 0.05) is 25.9 Å². The van der Waals surface area contributed by atoms with Gasteiger partial charge in [-0.2, -0.15) is 13.2 Å². The number of carbonyl (C=O) groups excluding carboxylic acids is 2. The molecule has 1 aliphatic carbocycles. The van der Waals surface area contributed by atoms with Crippen LogP contribution in [-0.4, -0.2) is 41.5 Å². The molecule has 0 bridgehead atoms. The molecule has 0 unspecified atom stereocenters. The number of nitrogens with zero attached hydrogens (tertiary/aromatic N) is 1. The molecule has 0 radical (unpaired) electrons. The SMILES string of the molecule is O=C1CCN(CCCCC(F)(F)F)C(=O)C2(CCCC2)N1. The quantitative estimate of drug-likeness (QED) is 0.811. The molecule has 1 spiro atoms. The summed E-state index contributed by atoms with van der Waals surface area (Å²) in [6, 6.07) is 0. The van der Waals surface area contributed by atoms with Crippen LogP contribution < -0.4 is 5.32 Å². The van der Waals surface area contributed by atoms with E-state index in [4.69, 9.17) is 0 Å². The highest BCUT2D eigenvalue weighted by molar-refractivity contribution is 5.93. The number of nitrogens with one attached hydrogen (secondary N) is 1. The van der Waals surface area contributed by atoms with Crippen LogP contribution in [0, 0.1) is 0 Å². The summed E-state index contributed by atoms with van der Waals surface area (Å²) < 4.78 is 36.4. The van der Waals surface area contributed by atoms with Crippen molar-refractivity contribution in [1.29, 1.82) is 0 Å². The first-order valence-electron chi connectivity index (χ1n) is 7.50. The van der Waals surface area contributed by atoms with E-state index in [1.807, 2.05) is 0 Å². The van der Waals surface area contributed by atoms with Gasteiger partial charge in [-0.1, -0.05) is 12.8 Å². The van der Waals surface area contributed by atoms with Gasteiger partial charge in [0.05, 0.1) is 0 Å². The van der Waals surface area contributed by atoms with E-state index in [-0.39, 0.29) is 24.7 Å². The van der Waals surface area contributed by atoms with Crippen LogP contribution >= 0.6 is 0 Å². The third kappa shape index (κ3) is 4.11. The normalized spacial score (nSPS) is 22.5. The lowest BCUT2D eigenvalue weighted by Gasteiger charge is -2.31. The molecule has 2 fully saturated rings. The summed E-state index contributed by atoms with van der Waals surface area (Å²) >= 11 is 0. The van der Waals surface area contributed by atoms with Crippen LogP contribution in [0.4, 0.5) is 13.2 Å². The number of amides is 2. The molecule has 0 aromatic carbocycles. The third-order valence-corrected chi connectivity index (χ3v) is 4.28. The molecule has 1 aliphatic heterocycles. The molecular weight excluding hydrogens is 285 g/mol. The molecule has 2 rings (SSSR count).